The summed E-state index contributed by atoms with van der Waals surface area (Å²) in [5.74, 6) is 2.32. The van der Waals surface area contributed by atoms with Gasteiger partial charge in [0.15, 0.2) is 0 Å². The van der Waals surface area contributed by atoms with E-state index in [1.807, 2.05) is 18.2 Å². The number of hydrogen-bond acceptors (Lipinski definition) is 3. The molecule has 3 nitrogen and oxygen atoms in total. The first-order chi connectivity index (χ1) is 10.2. The van der Waals surface area contributed by atoms with Crippen LogP contribution in [0.3, 0.4) is 0 Å². The molecule has 1 saturated carbocycles. The monoisotopic (exact) mass is 284 g/mol. The van der Waals surface area contributed by atoms with E-state index in [0.717, 1.165) is 47.9 Å². The van der Waals surface area contributed by atoms with Gasteiger partial charge in [-0.3, -0.25) is 0 Å². The molecule has 2 aromatic rings. The Morgan fingerprint density at radius 3 is 2.38 bits per heavy atom. The summed E-state index contributed by atoms with van der Waals surface area (Å²) >= 11 is 0. The van der Waals surface area contributed by atoms with E-state index < -0.39 is 0 Å². The SMILES string of the molecule is CCCOc1ccc2c(O)c3c(c(O)c2c1)C1CCC3C1. The number of benzene rings is 2. The molecule has 0 aliphatic heterocycles. The molecule has 4 rings (SSSR count). The molecule has 2 aliphatic carbocycles. The van der Waals surface area contributed by atoms with Gasteiger partial charge in [-0.2, -0.15) is 0 Å². The lowest BCUT2D eigenvalue weighted by molar-refractivity contribution is 0.317. The Bertz CT molecular complexity index is 720. The second-order valence-corrected chi connectivity index (χ2v) is 6.29. The third-order valence-electron chi connectivity index (χ3n) is 5.02. The van der Waals surface area contributed by atoms with Gasteiger partial charge < -0.3 is 14.9 Å². The van der Waals surface area contributed by atoms with Gasteiger partial charge in [0.2, 0.25) is 0 Å². The molecule has 21 heavy (non-hydrogen) atoms. The van der Waals surface area contributed by atoms with Crippen molar-refractivity contribution in [2.24, 2.45) is 0 Å². The van der Waals surface area contributed by atoms with Gasteiger partial charge in [-0.1, -0.05) is 6.92 Å². The van der Waals surface area contributed by atoms with Crippen molar-refractivity contribution in [3.05, 3.63) is 29.3 Å². The molecule has 2 aromatic carbocycles. The summed E-state index contributed by atoms with van der Waals surface area (Å²) in [6.07, 6.45) is 4.28. The van der Waals surface area contributed by atoms with Crippen molar-refractivity contribution in [3.63, 3.8) is 0 Å². The van der Waals surface area contributed by atoms with Crippen LogP contribution in [-0.4, -0.2) is 16.8 Å². The molecule has 3 heteroatoms. The molecule has 0 saturated heterocycles. The first kappa shape index (κ1) is 12.8. The van der Waals surface area contributed by atoms with Gasteiger partial charge in [0.1, 0.15) is 17.2 Å². The maximum absolute atomic E-state index is 10.7. The van der Waals surface area contributed by atoms with Crippen LogP contribution in [0.2, 0.25) is 0 Å². The van der Waals surface area contributed by atoms with Crippen LogP contribution in [0.15, 0.2) is 18.2 Å². The summed E-state index contributed by atoms with van der Waals surface area (Å²) in [5, 5.41) is 22.8. The first-order valence-corrected chi connectivity index (χ1v) is 7.85. The minimum atomic E-state index is 0.354. The number of fused-ring (bicyclic) bond motifs is 6. The molecule has 0 radical (unpaired) electrons. The second-order valence-electron chi connectivity index (χ2n) is 6.29. The highest BCUT2D eigenvalue weighted by Crippen LogP contribution is 2.60. The molecule has 0 spiro atoms. The Morgan fingerprint density at radius 1 is 1.05 bits per heavy atom. The number of hydrogen-bond donors (Lipinski definition) is 2. The number of phenolic OH excluding ortho intramolecular Hbond substituents is 2. The highest BCUT2D eigenvalue weighted by atomic mass is 16.5. The Labute approximate surface area is 124 Å². The zero-order valence-corrected chi connectivity index (χ0v) is 12.2. The minimum absolute atomic E-state index is 0.354. The maximum atomic E-state index is 10.7. The van der Waals surface area contributed by atoms with E-state index in [2.05, 4.69) is 6.92 Å². The summed E-state index contributed by atoms with van der Waals surface area (Å²) < 4.78 is 5.65. The Balaban J connectivity index is 1.92. The molecule has 0 aromatic heterocycles. The third-order valence-corrected chi connectivity index (χ3v) is 5.02. The van der Waals surface area contributed by atoms with E-state index in [1.54, 1.807) is 0 Å². The third kappa shape index (κ3) is 1.73. The summed E-state index contributed by atoms with van der Waals surface area (Å²) in [6.45, 7) is 2.72. The predicted molar refractivity (Wildman–Crippen MR) is 82.4 cm³/mol. The molecular weight excluding hydrogens is 264 g/mol. The fourth-order valence-corrected chi connectivity index (χ4v) is 4.11. The highest BCUT2D eigenvalue weighted by molar-refractivity contribution is 5.97. The fraction of sp³-hybridized carbons (Fsp3) is 0.444. The van der Waals surface area contributed by atoms with E-state index in [4.69, 9.17) is 4.74 Å². The van der Waals surface area contributed by atoms with Crippen LogP contribution < -0.4 is 4.74 Å². The second kappa shape index (κ2) is 4.55. The minimum Gasteiger partial charge on any atom is -0.507 e. The van der Waals surface area contributed by atoms with Crippen molar-refractivity contribution < 1.29 is 14.9 Å². The number of ether oxygens (including phenoxy) is 1. The summed E-state index contributed by atoms with van der Waals surface area (Å²) in [7, 11) is 0. The number of phenols is 2. The lowest BCUT2D eigenvalue weighted by Gasteiger charge is -2.20. The molecule has 0 amide bonds. The predicted octanol–water partition coefficient (Wildman–Crippen LogP) is 4.40. The van der Waals surface area contributed by atoms with E-state index in [1.165, 1.54) is 0 Å². The largest absolute Gasteiger partial charge is 0.507 e. The summed E-state index contributed by atoms with van der Waals surface area (Å²) in [4.78, 5) is 0. The highest BCUT2D eigenvalue weighted by Gasteiger charge is 2.41. The smallest absolute Gasteiger partial charge is 0.127 e. The van der Waals surface area contributed by atoms with Crippen molar-refractivity contribution >= 4 is 10.8 Å². The van der Waals surface area contributed by atoms with Crippen LogP contribution in [0.1, 0.15) is 55.6 Å². The van der Waals surface area contributed by atoms with Gasteiger partial charge in [-0.05, 0) is 55.7 Å². The number of rotatable bonds is 3. The first-order valence-electron chi connectivity index (χ1n) is 7.85. The Hall–Kier alpha value is -1.90. The fourth-order valence-electron chi connectivity index (χ4n) is 4.11. The lowest BCUT2D eigenvalue weighted by atomic mass is 9.87. The van der Waals surface area contributed by atoms with Crippen LogP contribution in [0, 0.1) is 0 Å². The molecule has 110 valence electrons. The van der Waals surface area contributed by atoms with Crippen LogP contribution in [0.25, 0.3) is 10.8 Å². The molecule has 0 heterocycles. The maximum Gasteiger partial charge on any atom is 0.127 e. The number of aromatic hydroxyl groups is 2. The van der Waals surface area contributed by atoms with Gasteiger partial charge in [-0.25, -0.2) is 0 Å². The summed E-state index contributed by atoms with van der Waals surface area (Å²) in [5.41, 5.74) is 1.99. The van der Waals surface area contributed by atoms with E-state index in [0.29, 0.717) is 35.3 Å². The normalized spacial score (nSPS) is 22.7. The van der Waals surface area contributed by atoms with Crippen molar-refractivity contribution in [1.82, 2.24) is 0 Å². The van der Waals surface area contributed by atoms with E-state index in [9.17, 15) is 10.2 Å². The van der Waals surface area contributed by atoms with Crippen LogP contribution in [0.4, 0.5) is 0 Å². The molecule has 2 unspecified atom stereocenters. The zero-order chi connectivity index (χ0) is 14.6. The average molecular weight is 284 g/mol. The van der Waals surface area contributed by atoms with E-state index in [-0.39, 0.29) is 0 Å². The molecule has 2 N–H and O–H groups in total. The topological polar surface area (TPSA) is 49.7 Å². The zero-order valence-electron chi connectivity index (χ0n) is 12.2. The van der Waals surface area contributed by atoms with Crippen molar-refractivity contribution in [2.45, 2.75) is 44.4 Å². The average Bonchev–Trinajstić information content (AvgIpc) is 3.11. The Kier molecular flexibility index (Phi) is 2.78. The lowest BCUT2D eigenvalue weighted by Crippen LogP contribution is -2.00. The standard InChI is InChI=1S/C18H20O3/c1-2-7-21-12-5-6-13-14(9-12)18(20)16-11-4-3-10(8-11)15(16)17(13)19/h5-6,9-11,19-20H,2-4,7-8H2,1H3. The molecule has 2 atom stereocenters. The van der Waals surface area contributed by atoms with Crippen LogP contribution >= 0.6 is 0 Å². The molecule has 2 aliphatic rings. The molecular formula is C18H20O3. The Morgan fingerprint density at radius 2 is 1.71 bits per heavy atom. The van der Waals surface area contributed by atoms with E-state index >= 15 is 0 Å². The quantitative estimate of drug-likeness (QED) is 0.821. The van der Waals surface area contributed by atoms with Crippen LogP contribution in [-0.2, 0) is 0 Å². The van der Waals surface area contributed by atoms with Crippen molar-refractivity contribution in [2.75, 3.05) is 6.61 Å². The van der Waals surface area contributed by atoms with Crippen molar-refractivity contribution in [3.8, 4) is 17.2 Å². The van der Waals surface area contributed by atoms with Gasteiger partial charge >= 0.3 is 0 Å². The summed E-state index contributed by atoms with van der Waals surface area (Å²) in [6, 6.07) is 5.59. The van der Waals surface area contributed by atoms with Gasteiger partial charge in [-0.15, -0.1) is 0 Å². The van der Waals surface area contributed by atoms with Crippen molar-refractivity contribution in [1.29, 1.82) is 0 Å². The molecule has 2 bridgehead atoms. The van der Waals surface area contributed by atoms with Crippen LogP contribution in [0.5, 0.6) is 17.2 Å². The van der Waals surface area contributed by atoms with Gasteiger partial charge in [0.05, 0.1) is 6.61 Å². The molecule has 1 fully saturated rings. The van der Waals surface area contributed by atoms with Gasteiger partial charge in [0.25, 0.3) is 0 Å². The van der Waals surface area contributed by atoms with Gasteiger partial charge in [0, 0.05) is 21.9 Å².